The molecule has 0 spiro atoms. The lowest BCUT2D eigenvalue weighted by Gasteiger charge is -2.24. The van der Waals surface area contributed by atoms with Crippen molar-refractivity contribution in [3.8, 4) is 0 Å². The van der Waals surface area contributed by atoms with Gasteiger partial charge in [-0.05, 0) is 30.2 Å². The third kappa shape index (κ3) is 4.53. The second kappa shape index (κ2) is 6.88. The largest absolute Gasteiger partial charge is 0.347 e. The number of anilines is 1. The van der Waals surface area contributed by atoms with E-state index in [0.29, 0.717) is 5.69 Å². The molecule has 0 aliphatic carbocycles. The number of hydrogen-bond acceptors (Lipinski definition) is 2. The number of halogens is 1. The Hall–Kier alpha value is -2.11. The Labute approximate surface area is 118 Å². The second-order valence-electron chi connectivity index (χ2n) is 5.06. The molecule has 0 bridgehead atoms. The maximum Gasteiger partial charge on any atom is 0.319 e. The van der Waals surface area contributed by atoms with Gasteiger partial charge in [-0.25, -0.2) is 9.18 Å². The highest BCUT2D eigenvalue weighted by molar-refractivity contribution is 5.93. The molecule has 3 amide bonds. The van der Waals surface area contributed by atoms with Gasteiger partial charge in [-0.15, -0.1) is 0 Å². The van der Waals surface area contributed by atoms with E-state index in [4.69, 9.17) is 0 Å². The summed E-state index contributed by atoms with van der Waals surface area (Å²) >= 11 is 0. The van der Waals surface area contributed by atoms with Gasteiger partial charge in [0.2, 0.25) is 5.91 Å². The quantitative estimate of drug-likeness (QED) is 0.887. The van der Waals surface area contributed by atoms with Crippen LogP contribution in [0.4, 0.5) is 14.9 Å². The van der Waals surface area contributed by atoms with Crippen molar-refractivity contribution in [1.82, 2.24) is 10.2 Å². The van der Waals surface area contributed by atoms with Crippen LogP contribution in [-0.4, -0.2) is 37.0 Å². The van der Waals surface area contributed by atoms with Gasteiger partial charge in [-0.2, -0.15) is 0 Å². The van der Waals surface area contributed by atoms with Crippen LogP contribution < -0.4 is 10.6 Å². The summed E-state index contributed by atoms with van der Waals surface area (Å²) in [4.78, 5) is 25.2. The second-order valence-corrected chi connectivity index (χ2v) is 5.06. The molecule has 0 aliphatic rings. The van der Waals surface area contributed by atoms with Crippen molar-refractivity contribution < 1.29 is 14.0 Å². The van der Waals surface area contributed by atoms with E-state index in [2.05, 4.69) is 10.6 Å². The average Bonchev–Trinajstić information content (AvgIpc) is 2.37. The summed E-state index contributed by atoms with van der Waals surface area (Å²) in [7, 11) is 3.27. The summed E-state index contributed by atoms with van der Waals surface area (Å²) in [6.07, 6.45) is 0. The predicted octanol–water partition coefficient (Wildman–Crippen LogP) is 2.06. The summed E-state index contributed by atoms with van der Waals surface area (Å²) in [6, 6.07) is 4.30. The molecule has 0 saturated heterocycles. The first-order valence-corrected chi connectivity index (χ1v) is 6.35. The fourth-order valence-corrected chi connectivity index (χ4v) is 1.63. The van der Waals surface area contributed by atoms with E-state index < -0.39 is 12.1 Å². The first kappa shape index (κ1) is 15.9. The van der Waals surface area contributed by atoms with E-state index >= 15 is 0 Å². The van der Waals surface area contributed by atoms with Crippen LogP contribution >= 0.6 is 0 Å². The number of nitrogens with one attached hydrogen (secondary N) is 2. The van der Waals surface area contributed by atoms with Crippen molar-refractivity contribution in [3.63, 3.8) is 0 Å². The molecule has 20 heavy (non-hydrogen) atoms. The van der Waals surface area contributed by atoms with Crippen molar-refractivity contribution >= 4 is 17.6 Å². The minimum Gasteiger partial charge on any atom is -0.347 e. The highest BCUT2D eigenvalue weighted by Crippen LogP contribution is 2.09. The normalized spacial score (nSPS) is 11.9. The van der Waals surface area contributed by atoms with Gasteiger partial charge in [-0.3, -0.25) is 4.79 Å². The van der Waals surface area contributed by atoms with Crippen LogP contribution in [0.15, 0.2) is 24.3 Å². The number of amides is 3. The Kier molecular flexibility index (Phi) is 5.49. The molecule has 0 aromatic heterocycles. The first-order valence-electron chi connectivity index (χ1n) is 6.35. The molecular weight excluding hydrogens is 261 g/mol. The van der Waals surface area contributed by atoms with E-state index in [1.165, 1.54) is 29.2 Å². The average molecular weight is 281 g/mol. The third-order valence-corrected chi connectivity index (χ3v) is 2.76. The lowest BCUT2D eigenvalue weighted by atomic mass is 10.0. The van der Waals surface area contributed by atoms with Crippen LogP contribution in [0.1, 0.15) is 13.8 Å². The molecule has 0 saturated carbocycles. The number of likely N-dealkylation sites (N-methyl/N-ethyl adjacent to an activating group) is 1. The van der Waals surface area contributed by atoms with E-state index in [0.717, 1.165) is 0 Å². The Morgan fingerprint density at radius 2 is 1.70 bits per heavy atom. The van der Waals surface area contributed by atoms with Crippen molar-refractivity contribution in [2.24, 2.45) is 5.92 Å². The van der Waals surface area contributed by atoms with Crippen LogP contribution in [-0.2, 0) is 4.79 Å². The van der Waals surface area contributed by atoms with E-state index in [1.807, 2.05) is 13.8 Å². The Morgan fingerprint density at radius 3 is 2.15 bits per heavy atom. The van der Waals surface area contributed by atoms with Gasteiger partial charge in [0, 0.05) is 19.8 Å². The maximum atomic E-state index is 12.8. The zero-order chi connectivity index (χ0) is 15.3. The topological polar surface area (TPSA) is 61.4 Å². The lowest BCUT2D eigenvalue weighted by molar-refractivity contribution is -0.131. The minimum atomic E-state index is -0.606. The van der Waals surface area contributed by atoms with Gasteiger partial charge in [-0.1, -0.05) is 13.8 Å². The molecule has 0 radical (unpaired) electrons. The lowest BCUT2D eigenvalue weighted by Crippen LogP contribution is -2.50. The smallest absolute Gasteiger partial charge is 0.319 e. The molecule has 0 fully saturated rings. The zero-order valence-electron chi connectivity index (χ0n) is 12.1. The van der Waals surface area contributed by atoms with Crippen molar-refractivity contribution in [2.75, 3.05) is 19.4 Å². The Morgan fingerprint density at radius 1 is 1.15 bits per heavy atom. The number of benzene rings is 1. The minimum absolute atomic E-state index is 0.0381. The molecule has 1 rings (SSSR count). The van der Waals surface area contributed by atoms with E-state index in [9.17, 15) is 14.0 Å². The van der Waals surface area contributed by atoms with Gasteiger partial charge in [0.25, 0.3) is 0 Å². The molecular formula is C14H20FN3O2. The number of rotatable bonds is 4. The van der Waals surface area contributed by atoms with Crippen LogP contribution in [0.25, 0.3) is 0 Å². The number of carbonyl (C=O) groups is 2. The molecule has 1 aromatic rings. The monoisotopic (exact) mass is 281 g/mol. The van der Waals surface area contributed by atoms with Gasteiger partial charge in [0.1, 0.15) is 11.9 Å². The van der Waals surface area contributed by atoms with Crippen LogP contribution in [0, 0.1) is 11.7 Å². The number of carbonyl (C=O) groups excluding carboxylic acids is 2. The van der Waals surface area contributed by atoms with E-state index in [1.54, 1.807) is 14.1 Å². The molecule has 5 nitrogen and oxygen atoms in total. The Balaban J connectivity index is 2.67. The Bertz CT molecular complexity index is 472. The molecule has 6 heteroatoms. The van der Waals surface area contributed by atoms with Crippen LogP contribution in [0.2, 0.25) is 0 Å². The fraction of sp³-hybridized carbons (Fsp3) is 0.429. The summed E-state index contributed by atoms with van der Waals surface area (Å²) in [6.45, 7) is 3.70. The highest BCUT2D eigenvalue weighted by Gasteiger charge is 2.25. The third-order valence-electron chi connectivity index (χ3n) is 2.76. The highest BCUT2D eigenvalue weighted by atomic mass is 19.1. The number of nitrogens with zero attached hydrogens (tertiary/aromatic N) is 1. The van der Waals surface area contributed by atoms with Gasteiger partial charge < -0.3 is 15.5 Å². The summed E-state index contributed by atoms with van der Waals surface area (Å²) < 4.78 is 12.8. The van der Waals surface area contributed by atoms with E-state index in [-0.39, 0.29) is 17.6 Å². The van der Waals surface area contributed by atoms with Gasteiger partial charge in [0.05, 0.1) is 0 Å². The SMILES string of the molecule is CC(C)C(NC(=O)Nc1ccc(F)cc1)C(=O)N(C)C. The zero-order valence-corrected chi connectivity index (χ0v) is 12.1. The predicted molar refractivity (Wildman–Crippen MR) is 75.9 cm³/mol. The van der Waals surface area contributed by atoms with Crippen molar-refractivity contribution in [2.45, 2.75) is 19.9 Å². The number of urea groups is 1. The first-order chi connectivity index (χ1) is 9.31. The standard InChI is InChI=1S/C14H20FN3O2/c1-9(2)12(13(19)18(3)4)17-14(20)16-11-7-5-10(15)6-8-11/h5-9,12H,1-4H3,(H2,16,17,20). The molecule has 1 unspecified atom stereocenters. The van der Waals surface area contributed by atoms with Crippen LogP contribution in [0.3, 0.4) is 0 Å². The molecule has 1 aromatic carbocycles. The molecule has 0 aliphatic heterocycles. The molecule has 110 valence electrons. The van der Waals surface area contributed by atoms with Crippen LogP contribution in [0.5, 0.6) is 0 Å². The summed E-state index contributed by atoms with van der Waals surface area (Å²) in [5.41, 5.74) is 0.462. The van der Waals surface area contributed by atoms with Crippen molar-refractivity contribution in [1.29, 1.82) is 0 Å². The van der Waals surface area contributed by atoms with Gasteiger partial charge in [0.15, 0.2) is 0 Å². The fourth-order valence-electron chi connectivity index (χ4n) is 1.63. The molecule has 2 N–H and O–H groups in total. The summed E-state index contributed by atoms with van der Waals surface area (Å²) in [5.74, 6) is -0.586. The van der Waals surface area contributed by atoms with Gasteiger partial charge >= 0.3 is 6.03 Å². The van der Waals surface area contributed by atoms with Crippen molar-refractivity contribution in [3.05, 3.63) is 30.1 Å². The number of hydrogen-bond donors (Lipinski definition) is 2. The summed E-state index contributed by atoms with van der Waals surface area (Å²) in [5, 5.41) is 5.19. The molecule has 1 atom stereocenters. The maximum absolute atomic E-state index is 12.8. The molecule has 0 heterocycles.